The Balaban J connectivity index is 1.27. The van der Waals surface area contributed by atoms with Crippen LogP contribution in [0.5, 0.6) is 17.2 Å². The normalized spacial score (nSPS) is 17.8. The number of aryl methyl sites for hydroxylation is 1. The highest BCUT2D eigenvalue weighted by atomic mass is 19.1. The number of nitrogens with zero attached hydrogens (tertiary/aromatic N) is 3. The highest BCUT2D eigenvalue weighted by Gasteiger charge is 2.30. The molecule has 1 atom stereocenters. The summed E-state index contributed by atoms with van der Waals surface area (Å²) in [6.45, 7) is 3.64. The van der Waals surface area contributed by atoms with Crippen molar-refractivity contribution in [1.29, 1.82) is 0 Å². The van der Waals surface area contributed by atoms with Crippen LogP contribution in [0.4, 0.5) is 4.39 Å². The molecule has 0 radical (unpaired) electrons. The van der Waals surface area contributed by atoms with E-state index in [1.165, 1.54) is 12.1 Å². The van der Waals surface area contributed by atoms with Crippen LogP contribution in [0, 0.1) is 12.7 Å². The van der Waals surface area contributed by atoms with E-state index >= 15 is 0 Å². The maximum Gasteiger partial charge on any atom is 0.231 e. The Morgan fingerprint density at radius 2 is 2.12 bits per heavy atom. The van der Waals surface area contributed by atoms with Gasteiger partial charge in [-0.15, -0.1) is 0 Å². The minimum absolute atomic E-state index is 0.116. The molecule has 4 heterocycles. The zero-order valence-electron chi connectivity index (χ0n) is 18.4. The Labute approximate surface area is 189 Å². The number of ether oxygens (including phenoxy) is 3. The molecule has 2 aromatic carbocycles. The lowest BCUT2D eigenvalue weighted by Gasteiger charge is -2.21. The third-order valence-corrected chi connectivity index (χ3v) is 6.29. The first-order valence-electron chi connectivity index (χ1n) is 10.9. The first-order valence-corrected chi connectivity index (χ1v) is 10.9. The number of rotatable bonds is 5. The Morgan fingerprint density at radius 1 is 1.21 bits per heavy atom. The van der Waals surface area contributed by atoms with Crippen LogP contribution < -0.4 is 14.2 Å². The van der Waals surface area contributed by atoms with E-state index in [9.17, 15) is 4.39 Å². The van der Waals surface area contributed by atoms with Crippen LogP contribution in [-0.2, 0) is 6.54 Å². The molecule has 0 spiro atoms. The van der Waals surface area contributed by atoms with Crippen LogP contribution in [0.3, 0.4) is 0 Å². The monoisotopic (exact) mass is 450 g/mol. The number of aromatic nitrogens is 3. The molecule has 1 N–H and O–H groups in total. The highest BCUT2D eigenvalue weighted by molar-refractivity contribution is 5.75. The van der Waals surface area contributed by atoms with Crippen molar-refractivity contribution in [3.63, 3.8) is 0 Å². The van der Waals surface area contributed by atoms with Crippen molar-refractivity contribution >= 4 is 11.0 Å². The summed E-state index contributed by atoms with van der Waals surface area (Å²) in [4.78, 5) is 15.1. The van der Waals surface area contributed by atoms with E-state index in [4.69, 9.17) is 28.6 Å². The van der Waals surface area contributed by atoms with Crippen LogP contribution >= 0.6 is 0 Å². The Hall–Kier alpha value is -3.59. The van der Waals surface area contributed by atoms with Gasteiger partial charge in [0.05, 0.1) is 29.9 Å². The molecule has 0 bridgehead atoms. The number of hydrogen-bond donors (Lipinski definition) is 1. The summed E-state index contributed by atoms with van der Waals surface area (Å²) in [7, 11) is 1.59. The van der Waals surface area contributed by atoms with E-state index < -0.39 is 0 Å². The SMILES string of the molecule is COc1cc(-c2nc(CN3CCCC3c3nc4ccc(F)cc4[nH]3)c(C)o2)cc2c1OCO2. The second-order valence-corrected chi connectivity index (χ2v) is 8.35. The maximum absolute atomic E-state index is 13.6. The van der Waals surface area contributed by atoms with Crippen LogP contribution in [0.25, 0.3) is 22.5 Å². The van der Waals surface area contributed by atoms with Crippen LogP contribution in [0.1, 0.15) is 36.2 Å². The molecule has 6 rings (SSSR count). The molecule has 2 aromatic heterocycles. The fourth-order valence-electron chi connectivity index (χ4n) is 4.63. The van der Waals surface area contributed by atoms with Crippen molar-refractivity contribution in [1.82, 2.24) is 19.9 Å². The Morgan fingerprint density at radius 3 is 3.00 bits per heavy atom. The fraction of sp³-hybridized carbons (Fsp3) is 0.333. The van der Waals surface area contributed by atoms with Gasteiger partial charge in [-0.1, -0.05) is 0 Å². The minimum atomic E-state index is -0.271. The Bertz CT molecular complexity index is 1350. The number of benzene rings is 2. The maximum atomic E-state index is 13.6. The van der Waals surface area contributed by atoms with Gasteiger partial charge < -0.3 is 23.6 Å². The van der Waals surface area contributed by atoms with Gasteiger partial charge in [0.2, 0.25) is 18.4 Å². The molecule has 0 saturated carbocycles. The van der Waals surface area contributed by atoms with Gasteiger partial charge in [0.15, 0.2) is 11.5 Å². The molecule has 8 nitrogen and oxygen atoms in total. The number of methoxy groups -OCH3 is 1. The smallest absolute Gasteiger partial charge is 0.231 e. The molecule has 2 aliphatic heterocycles. The standard InChI is InChI=1S/C24H23FN4O4/c1-13-18(28-24(33-13)14-8-20(30-2)22-21(9-14)31-12-32-22)11-29-7-3-4-19(29)23-26-16-6-5-15(25)10-17(16)27-23/h5-6,8-10,19H,3-4,7,11-12H2,1-2H3,(H,26,27). The van der Waals surface area contributed by atoms with Gasteiger partial charge in [0.1, 0.15) is 17.4 Å². The third-order valence-electron chi connectivity index (χ3n) is 6.29. The minimum Gasteiger partial charge on any atom is -0.493 e. The molecule has 4 aromatic rings. The molecule has 0 aliphatic carbocycles. The average Bonchev–Trinajstić information content (AvgIpc) is 3.59. The van der Waals surface area contributed by atoms with E-state index in [0.717, 1.165) is 47.7 Å². The number of aromatic amines is 1. The summed E-state index contributed by atoms with van der Waals surface area (Å²) in [5.74, 6) is 3.64. The summed E-state index contributed by atoms with van der Waals surface area (Å²) in [5, 5.41) is 0. The fourth-order valence-corrected chi connectivity index (χ4v) is 4.63. The van der Waals surface area contributed by atoms with Crippen LogP contribution in [0.2, 0.25) is 0 Å². The summed E-state index contributed by atoms with van der Waals surface area (Å²) < 4.78 is 36.1. The number of oxazole rings is 1. The zero-order chi connectivity index (χ0) is 22.5. The number of halogens is 1. The first kappa shape index (κ1) is 20.0. The van der Waals surface area contributed by atoms with Gasteiger partial charge in [-0.05, 0) is 56.6 Å². The number of hydrogen-bond acceptors (Lipinski definition) is 7. The molecule has 2 aliphatic rings. The summed E-state index contributed by atoms with van der Waals surface area (Å²) in [5.41, 5.74) is 3.13. The summed E-state index contributed by atoms with van der Waals surface area (Å²) >= 11 is 0. The lowest BCUT2D eigenvalue weighted by atomic mass is 10.2. The predicted molar refractivity (Wildman–Crippen MR) is 118 cm³/mol. The molecule has 1 saturated heterocycles. The molecule has 9 heteroatoms. The van der Waals surface area contributed by atoms with Crippen molar-refractivity contribution < 1.29 is 23.0 Å². The second kappa shape index (κ2) is 7.77. The van der Waals surface area contributed by atoms with Gasteiger partial charge in [-0.2, -0.15) is 0 Å². The van der Waals surface area contributed by atoms with E-state index in [1.54, 1.807) is 13.2 Å². The molecule has 1 unspecified atom stereocenters. The van der Waals surface area contributed by atoms with Crippen molar-refractivity contribution in [3.8, 4) is 28.7 Å². The largest absolute Gasteiger partial charge is 0.493 e. The molecular weight excluding hydrogens is 427 g/mol. The van der Waals surface area contributed by atoms with E-state index in [-0.39, 0.29) is 18.7 Å². The summed E-state index contributed by atoms with van der Waals surface area (Å²) in [6.07, 6.45) is 2.03. The number of fused-ring (bicyclic) bond motifs is 2. The van der Waals surface area contributed by atoms with E-state index in [2.05, 4.69) is 9.88 Å². The quantitative estimate of drug-likeness (QED) is 0.470. The van der Waals surface area contributed by atoms with E-state index in [1.807, 2.05) is 19.1 Å². The van der Waals surface area contributed by atoms with Crippen LogP contribution in [0.15, 0.2) is 34.7 Å². The van der Waals surface area contributed by atoms with Gasteiger partial charge in [0.25, 0.3) is 0 Å². The van der Waals surface area contributed by atoms with Gasteiger partial charge in [-0.3, -0.25) is 4.90 Å². The van der Waals surface area contributed by atoms with Gasteiger partial charge >= 0.3 is 0 Å². The number of likely N-dealkylation sites (tertiary alicyclic amines) is 1. The second-order valence-electron chi connectivity index (χ2n) is 8.35. The van der Waals surface area contributed by atoms with Gasteiger partial charge in [0, 0.05) is 12.1 Å². The topological polar surface area (TPSA) is 85.6 Å². The van der Waals surface area contributed by atoms with Crippen molar-refractivity contribution in [2.75, 3.05) is 20.4 Å². The average molecular weight is 450 g/mol. The lowest BCUT2D eigenvalue weighted by Crippen LogP contribution is -2.24. The molecule has 1 fully saturated rings. The van der Waals surface area contributed by atoms with Crippen molar-refractivity contribution in [2.45, 2.75) is 32.4 Å². The first-order chi connectivity index (χ1) is 16.1. The Kier molecular flexibility index (Phi) is 4.72. The number of H-pyrrole nitrogens is 1. The lowest BCUT2D eigenvalue weighted by molar-refractivity contribution is 0.171. The third kappa shape index (κ3) is 3.48. The molecular formula is C24H23FN4O4. The van der Waals surface area contributed by atoms with Crippen molar-refractivity contribution in [3.05, 3.63) is 53.4 Å². The van der Waals surface area contributed by atoms with Gasteiger partial charge in [-0.25, -0.2) is 14.4 Å². The molecule has 0 amide bonds. The predicted octanol–water partition coefficient (Wildman–Crippen LogP) is 4.74. The van der Waals surface area contributed by atoms with E-state index in [0.29, 0.717) is 35.2 Å². The molecule has 33 heavy (non-hydrogen) atoms. The number of nitrogens with one attached hydrogen (secondary N) is 1. The van der Waals surface area contributed by atoms with Crippen LogP contribution in [-0.4, -0.2) is 40.3 Å². The summed E-state index contributed by atoms with van der Waals surface area (Å²) in [6, 6.07) is 8.44. The molecule has 170 valence electrons. The highest BCUT2D eigenvalue weighted by Crippen LogP contribution is 2.44. The zero-order valence-corrected chi connectivity index (χ0v) is 18.4. The number of imidazole rings is 1. The van der Waals surface area contributed by atoms with Crippen molar-refractivity contribution in [2.24, 2.45) is 0 Å².